The fourth-order valence-electron chi connectivity index (χ4n) is 1.16. The molecule has 0 radical (unpaired) electrons. The normalized spacial score (nSPS) is 10.3. The fraction of sp³-hybridized carbons (Fsp3) is 0. The maximum Gasteiger partial charge on any atom is 0.275 e. The predicted octanol–water partition coefficient (Wildman–Crippen LogP) is 2.81. The molecule has 0 bridgehead atoms. The molecule has 88 valence electrons. The van der Waals surface area contributed by atoms with Crippen LogP contribution in [0.5, 0.6) is 0 Å². The number of rotatable bonds is 2. The molecule has 0 spiro atoms. The maximum atomic E-state index is 13.2. The summed E-state index contributed by atoms with van der Waals surface area (Å²) in [7, 11) is 0. The van der Waals surface area contributed by atoms with Gasteiger partial charge in [-0.3, -0.25) is 4.79 Å². The zero-order valence-corrected chi connectivity index (χ0v) is 9.02. The predicted molar refractivity (Wildman–Crippen MR) is 56.4 cm³/mol. The summed E-state index contributed by atoms with van der Waals surface area (Å²) in [4.78, 5) is 15.1. The number of carbonyl (C=O) groups is 1. The molecule has 1 aromatic carbocycles. The minimum absolute atomic E-state index is 0.0399. The van der Waals surface area contributed by atoms with Crippen LogP contribution in [0.15, 0.2) is 23.0 Å². The van der Waals surface area contributed by atoms with Crippen LogP contribution in [-0.2, 0) is 0 Å². The van der Waals surface area contributed by atoms with Crippen molar-refractivity contribution >= 4 is 22.9 Å². The van der Waals surface area contributed by atoms with Gasteiger partial charge in [0.05, 0.1) is 5.51 Å². The quantitative estimate of drug-likeness (QED) is 0.900. The second-order valence-corrected chi connectivity index (χ2v) is 3.79. The number of carbonyl (C=O) groups excluding carboxylic acids is 1. The van der Waals surface area contributed by atoms with Crippen LogP contribution in [0.1, 0.15) is 10.5 Å². The highest BCUT2D eigenvalue weighted by Gasteiger charge is 2.16. The second-order valence-electron chi connectivity index (χ2n) is 3.07. The number of nitrogens with one attached hydrogen (secondary N) is 1. The van der Waals surface area contributed by atoms with E-state index < -0.39 is 29.0 Å². The van der Waals surface area contributed by atoms with Gasteiger partial charge in [-0.05, 0) is 0 Å². The molecule has 2 rings (SSSR count). The summed E-state index contributed by atoms with van der Waals surface area (Å²) in [5, 5.41) is 3.42. The molecule has 0 atom stereocenters. The zero-order valence-electron chi connectivity index (χ0n) is 8.21. The molecule has 1 heterocycles. The van der Waals surface area contributed by atoms with Crippen LogP contribution in [0.2, 0.25) is 0 Å². The van der Waals surface area contributed by atoms with Crippen molar-refractivity contribution in [3.8, 4) is 0 Å². The monoisotopic (exact) mass is 258 g/mol. The topological polar surface area (TPSA) is 42.0 Å². The molecule has 7 heteroatoms. The van der Waals surface area contributed by atoms with Gasteiger partial charge in [-0.15, -0.1) is 11.3 Å². The third kappa shape index (κ3) is 2.44. The Balaban J connectivity index is 2.28. The molecule has 1 N–H and O–H groups in total. The van der Waals surface area contributed by atoms with Gasteiger partial charge >= 0.3 is 0 Å². The summed E-state index contributed by atoms with van der Waals surface area (Å²) in [6, 6.07) is 0.972. The molecule has 1 amide bonds. The summed E-state index contributed by atoms with van der Waals surface area (Å²) in [5.74, 6) is -4.15. The first-order chi connectivity index (χ1) is 8.08. The number of hydrogen-bond acceptors (Lipinski definition) is 3. The van der Waals surface area contributed by atoms with Gasteiger partial charge in [0.2, 0.25) is 0 Å². The second kappa shape index (κ2) is 4.54. The fourth-order valence-corrected chi connectivity index (χ4v) is 1.70. The molecule has 3 nitrogen and oxygen atoms in total. The van der Waals surface area contributed by atoms with Gasteiger partial charge in [-0.25, -0.2) is 18.2 Å². The van der Waals surface area contributed by atoms with E-state index in [1.165, 1.54) is 22.2 Å². The van der Waals surface area contributed by atoms with E-state index in [0.29, 0.717) is 12.1 Å². The lowest BCUT2D eigenvalue weighted by atomic mass is 10.2. The van der Waals surface area contributed by atoms with Crippen molar-refractivity contribution < 1.29 is 18.0 Å². The first-order valence-corrected chi connectivity index (χ1v) is 5.36. The molecule has 17 heavy (non-hydrogen) atoms. The zero-order chi connectivity index (χ0) is 12.4. The van der Waals surface area contributed by atoms with E-state index in [1.807, 2.05) is 5.32 Å². The molecular weight excluding hydrogens is 253 g/mol. The van der Waals surface area contributed by atoms with E-state index >= 15 is 0 Å². The van der Waals surface area contributed by atoms with Gasteiger partial charge in [-0.2, -0.15) is 0 Å². The molecule has 0 aliphatic heterocycles. The van der Waals surface area contributed by atoms with Crippen LogP contribution in [0.3, 0.4) is 0 Å². The molecular formula is C10H5F3N2OS. The van der Waals surface area contributed by atoms with Crippen LogP contribution < -0.4 is 5.32 Å². The smallest absolute Gasteiger partial charge is 0.275 e. The van der Waals surface area contributed by atoms with Crippen molar-refractivity contribution in [2.75, 3.05) is 5.32 Å². The van der Waals surface area contributed by atoms with E-state index in [4.69, 9.17) is 0 Å². The van der Waals surface area contributed by atoms with Crippen molar-refractivity contribution in [3.63, 3.8) is 0 Å². The van der Waals surface area contributed by atoms with Gasteiger partial charge in [0.25, 0.3) is 5.91 Å². The SMILES string of the molecule is O=C(Nc1c(F)cc(F)cc1F)c1cscn1. The lowest BCUT2D eigenvalue weighted by molar-refractivity contribution is 0.102. The Morgan fingerprint density at radius 3 is 2.41 bits per heavy atom. The Bertz CT molecular complexity index is 534. The minimum atomic E-state index is -1.17. The van der Waals surface area contributed by atoms with Crippen molar-refractivity contribution in [2.45, 2.75) is 0 Å². The minimum Gasteiger partial charge on any atom is -0.316 e. The summed E-state index contributed by atoms with van der Waals surface area (Å²) in [6.45, 7) is 0. The van der Waals surface area contributed by atoms with E-state index in [9.17, 15) is 18.0 Å². The molecule has 2 aromatic rings. The van der Waals surface area contributed by atoms with E-state index in [-0.39, 0.29) is 5.69 Å². The lowest BCUT2D eigenvalue weighted by Crippen LogP contribution is -2.14. The summed E-state index contributed by atoms with van der Waals surface area (Å²) < 4.78 is 39.0. The molecule has 0 saturated carbocycles. The number of halogens is 3. The van der Waals surface area contributed by atoms with Gasteiger partial charge in [0.1, 0.15) is 17.2 Å². The Labute approximate surface area is 97.9 Å². The van der Waals surface area contributed by atoms with Crippen LogP contribution in [0.4, 0.5) is 18.9 Å². The number of benzene rings is 1. The molecule has 1 aromatic heterocycles. The van der Waals surface area contributed by atoms with Crippen LogP contribution >= 0.6 is 11.3 Å². The Kier molecular flexibility index (Phi) is 3.10. The number of thiazole rings is 1. The van der Waals surface area contributed by atoms with E-state index in [2.05, 4.69) is 4.98 Å². The molecule has 0 fully saturated rings. The number of nitrogens with zero attached hydrogens (tertiary/aromatic N) is 1. The molecule has 0 unspecified atom stereocenters. The van der Waals surface area contributed by atoms with Crippen molar-refractivity contribution in [1.82, 2.24) is 4.98 Å². The summed E-state index contributed by atoms with van der Waals surface area (Å²) in [5.41, 5.74) is 0.759. The maximum absolute atomic E-state index is 13.2. The number of anilines is 1. The highest BCUT2D eigenvalue weighted by Crippen LogP contribution is 2.20. The van der Waals surface area contributed by atoms with Gasteiger partial charge in [0.15, 0.2) is 11.6 Å². The number of hydrogen-bond donors (Lipinski definition) is 1. The average molecular weight is 258 g/mol. The Morgan fingerprint density at radius 1 is 1.24 bits per heavy atom. The van der Waals surface area contributed by atoms with E-state index in [0.717, 1.165) is 0 Å². The van der Waals surface area contributed by atoms with Gasteiger partial charge in [-0.1, -0.05) is 0 Å². The van der Waals surface area contributed by atoms with E-state index in [1.54, 1.807) is 0 Å². The Morgan fingerprint density at radius 2 is 1.88 bits per heavy atom. The largest absolute Gasteiger partial charge is 0.316 e. The average Bonchev–Trinajstić information content (AvgIpc) is 2.76. The number of amides is 1. The number of aromatic nitrogens is 1. The highest BCUT2D eigenvalue weighted by molar-refractivity contribution is 7.07. The van der Waals surface area contributed by atoms with Crippen molar-refractivity contribution in [1.29, 1.82) is 0 Å². The highest BCUT2D eigenvalue weighted by atomic mass is 32.1. The van der Waals surface area contributed by atoms with Crippen molar-refractivity contribution in [2.24, 2.45) is 0 Å². The molecule has 0 aliphatic carbocycles. The summed E-state index contributed by atoms with van der Waals surface area (Å²) >= 11 is 1.17. The van der Waals surface area contributed by atoms with Crippen molar-refractivity contribution in [3.05, 3.63) is 46.2 Å². The third-order valence-corrected chi connectivity index (χ3v) is 2.50. The molecule has 0 saturated heterocycles. The molecule has 0 aliphatic rings. The van der Waals surface area contributed by atoms with Gasteiger partial charge < -0.3 is 5.32 Å². The first-order valence-electron chi connectivity index (χ1n) is 4.42. The lowest BCUT2D eigenvalue weighted by Gasteiger charge is -2.06. The van der Waals surface area contributed by atoms with Crippen LogP contribution in [0.25, 0.3) is 0 Å². The standard InChI is InChI=1S/C10H5F3N2OS/c11-5-1-6(12)9(7(13)2-5)15-10(16)8-3-17-4-14-8/h1-4H,(H,15,16). The third-order valence-electron chi connectivity index (χ3n) is 1.91. The Hall–Kier alpha value is -1.89. The summed E-state index contributed by atoms with van der Waals surface area (Å²) in [6.07, 6.45) is 0. The van der Waals surface area contributed by atoms with Crippen LogP contribution in [0, 0.1) is 17.5 Å². The van der Waals surface area contributed by atoms with Gasteiger partial charge in [0, 0.05) is 17.5 Å². The van der Waals surface area contributed by atoms with Crippen LogP contribution in [-0.4, -0.2) is 10.9 Å². The first kappa shape index (κ1) is 11.6.